The highest BCUT2D eigenvalue weighted by Gasteiger charge is 2.09. The Kier molecular flexibility index (Phi) is 5.03. The van der Waals surface area contributed by atoms with Crippen LogP contribution in [0.1, 0.15) is 5.69 Å². The van der Waals surface area contributed by atoms with Crippen LogP contribution in [0, 0.1) is 0 Å². The summed E-state index contributed by atoms with van der Waals surface area (Å²) in [7, 11) is 0. The smallest absolute Gasteiger partial charge is 0.226 e. The van der Waals surface area contributed by atoms with Gasteiger partial charge in [0.15, 0.2) is 0 Å². The fourth-order valence-electron chi connectivity index (χ4n) is 1.19. The minimum Gasteiger partial charge on any atom is -0.395 e. The molecule has 0 spiro atoms. The fourth-order valence-corrected chi connectivity index (χ4v) is 1.30. The van der Waals surface area contributed by atoms with Gasteiger partial charge in [-0.3, -0.25) is 0 Å². The second kappa shape index (κ2) is 6.31. The molecule has 0 radical (unpaired) electrons. The highest BCUT2D eigenvalue weighted by Crippen LogP contribution is 2.06. The van der Waals surface area contributed by atoms with Gasteiger partial charge in [-0.05, 0) is 6.07 Å². The third-order valence-corrected chi connectivity index (χ3v) is 2.13. The molecule has 0 amide bonds. The zero-order chi connectivity index (χ0) is 12.0. The van der Waals surface area contributed by atoms with E-state index in [0.717, 1.165) is 0 Å². The number of nitrogens with zero attached hydrogens (tertiary/aromatic N) is 3. The molecule has 0 unspecified atom stereocenters. The molecule has 1 aromatic heterocycles. The van der Waals surface area contributed by atoms with Crippen molar-refractivity contribution in [2.45, 2.75) is 0 Å². The lowest BCUT2D eigenvalue weighted by Crippen LogP contribution is -2.31. The Labute approximate surface area is 98.7 Å². The maximum atomic E-state index is 8.87. The van der Waals surface area contributed by atoms with Crippen LogP contribution in [-0.4, -0.2) is 51.5 Å². The summed E-state index contributed by atoms with van der Waals surface area (Å²) >= 11 is 4.81. The average Bonchev–Trinajstić information content (AvgIpc) is 2.29. The van der Waals surface area contributed by atoms with Gasteiger partial charge in [-0.15, -0.1) is 0 Å². The van der Waals surface area contributed by atoms with E-state index in [1.54, 1.807) is 17.2 Å². The van der Waals surface area contributed by atoms with Crippen LogP contribution in [0.2, 0.25) is 0 Å². The molecule has 1 aromatic rings. The molecular weight excluding hydrogens is 228 g/mol. The summed E-state index contributed by atoms with van der Waals surface area (Å²) in [5, 5.41) is 17.7. The molecule has 1 rings (SSSR count). The molecule has 88 valence electrons. The number of thiocarbonyl (C=S) groups is 1. The van der Waals surface area contributed by atoms with Gasteiger partial charge in [-0.1, -0.05) is 12.2 Å². The van der Waals surface area contributed by atoms with Gasteiger partial charge in [-0.25, -0.2) is 9.97 Å². The summed E-state index contributed by atoms with van der Waals surface area (Å²) in [6.45, 7) is 0.615. The summed E-state index contributed by atoms with van der Waals surface area (Å²) in [6.07, 6.45) is 1.54. The first-order valence-corrected chi connectivity index (χ1v) is 5.19. The maximum absolute atomic E-state index is 8.87. The van der Waals surface area contributed by atoms with Crippen molar-refractivity contribution in [3.8, 4) is 0 Å². The van der Waals surface area contributed by atoms with Gasteiger partial charge in [0.25, 0.3) is 0 Å². The van der Waals surface area contributed by atoms with Gasteiger partial charge in [0.1, 0.15) is 10.7 Å². The SMILES string of the molecule is NC(=S)c1ccnc(N(CCO)CCO)n1. The van der Waals surface area contributed by atoms with Crippen LogP contribution in [0.25, 0.3) is 0 Å². The number of aliphatic hydroxyl groups is 2. The fraction of sp³-hybridized carbons (Fsp3) is 0.444. The Morgan fingerprint density at radius 2 is 2.00 bits per heavy atom. The van der Waals surface area contributed by atoms with Crippen molar-refractivity contribution in [1.82, 2.24) is 9.97 Å². The molecule has 0 aliphatic rings. The van der Waals surface area contributed by atoms with Crippen molar-refractivity contribution in [2.24, 2.45) is 5.73 Å². The van der Waals surface area contributed by atoms with Crippen LogP contribution in [0.3, 0.4) is 0 Å². The van der Waals surface area contributed by atoms with Crippen molar-refractivity contribution in [2.75, 3.05) is 31.2 Å². The predicted octanol–water partition coefficient (Wildman–Crippen LogP) is -1.10. The Hall–Kier alpha value is -1.31. The highest BCUT2D eigenvalue weighted by atomic mass is 32.1. The van der Waals surface area contributed by atoms with Gasteiger partial charge in [-0.2, -0.15) is 0 Å². The lowest BCUT2D eigenvalue weighted by molar-refractivity contribution is 0.280. The van der Waals surface area contributed by atoms with Crippen molar-refractivity contribution in [1.29, 1.82) is 0 Å². The molecule has 7 heteroatoms. The van der Waals surface area contributed by atoms with E-state index in [0.29, 0.717) is 24.7 Å². The molecule has 1 heterocycles. The molecule has 0 atom stereocenters. The first kappa shape index (κ1) is 12.8. The van der Waals surface area contributed by atoms with Gasteiger partial charge in [0.2, 0.25) is 5.95 Å². The maximum Gasteiger partial charge on any atom is 0.226 e. The number of aromatic nitrogens is 2. The minimum absolute atomic E-state index is 0.0410. The van der Waals surface area contributed by atoms with E-state index in [4.69, 9.17) is 28.2 Å². The second-order valence-electron chi connectivity index (χ2n) is 3.04. The molecule has 6 nitrogen and oxygen atoms in total. The molecular formula is C9H14N4O2S. The molecule has 0 saturated heterocycles. The van der Waals surface area contributed by atoms with Crippen molar-refractivity contribution in [3.63, 3.8) is 0 Å². The second-order valence-corrected chi connectivity index (χ2v) is 3.48. The van der Waals surface area contributed by atoms with Crippen LogP contribution in [0.15, 0.2) is 12.3 Å². The lowest BCUT2D eigenvalue weighted by atomic mass is 10.4. The van der Waals surface area contributed by atoms with Crippen molar-refractivity contribution in [3.05, 3.63) is 18.0 Å². The largest absolute Gasteiger partial charge is 0.395 e. The number of rotatable bonds is 6. The molecule has 0 aliphatic heterocycles. The molecule has 0 aliphatic carbocycles. The Morgan fingerprint density at radius 3 is 2.50 bits per heavy atom. The summed E-state index contributed by atoms with van der Waals surface area (Å²) in [5.74, 6) is 0.397. The quantitative estimate of drug-likeness (QED) is 0.545. The first-order valence-electron chi connectivity index (χ1n) is 4.78. The third-order valence-electron chi connectivity index (χ3n) is 1.92. The monoisotopic (exact) mass is 242 g/mol. The zero-order valence-electron chi connectivity index (χ0n) is 8.70. The van der Waals surface area contributed by atoms with Gasteiger partial charge in [0, 0.05) is 19.3 Å². The summed E-state index contributed by atoms with van der Waals surface area (Å²) in [6, 6.07) is 1.61. The van der Waals surface area contributed by atoms with Crippen molar-refractivity contribution < 1.29 is 10.2 Å². The first-order chi connectivity index (χ1) is 7.69. The van der Waals surface area contributed by atoms with Gasteiger partial charge < -0.3 is 20.8 Å². The van der Waals surface area contributed by atoms with Crippen LogP contribution in [0.5, 0.6) is 0 Å². The molecule has 0 aromatic carbocycles. The number of anilines is 1. The number of nitrogens with two attached hydrogens (primary N) is 1. The predicted molar refractivity (Wildman–Crippen MR) is 64.3 cm³/mol. The standard InChI is InChI=1S/C9H14N4O2S/c10-8(16)7-1-2-11-9(12-7)13(3-5-14)4-6-15/h1-2,14-15H,3-6H2,(H2,10,16). The molecule has 0 fully saturated rings. The summed E-state index contributed by atoms with van der Waals surface area (Å²) in [5.41, 5.74) is 5.93. The van der Waals surface area contributed by atoms with E-state index in [1.807, 2.05) is 0 Å². The topological polar surface area (TPSA) is 95.5 Å². The van der Waals surface area contributed by atoms with Crippen LogP contribution in [-0.2, 0) is 0 Å². The van der Waals surface area contributed by atoms with Crippen molar-refractivity contribution >= 4 is 23.2 Å². The number of hydrogen-bond donors (Lipinski definition) is 3. The van der Waals surface area contributed by atoms with E-state index < -0.39 is 0 Å². The minimum atomic E-state index is -0.0410. The summed E-state index contributed by atoms with van der Waals surface area (Å²) < 4.78 is 0. The Morgan fingerprint density at radius 1 is 1.38 bits per heavy atom. The van der Waals surface area contributed by atoms with E-state index in [9.17, 15) is 0 Å². The van der Waals surface area contributed by atoms with E-state index in [2.05, 4.69) is 9.97 Å². The third kappa shape index (κ3) is 3.37. The summed E-state index contributed by atoms with van der Waals surface area (Å²) in [4.78, 5) is 10.0. The Balaban J connectivity index is 2.90. The van der Waals surface area contributed by atoms with Crippen LogP contribution >= 0.6 is 12.2 Å². The lowest BCUT2D eigenvalue weighted by Gasteiger charge is -2.20. The van der Waals surface area contributed by atoms with Gasteiger partial charge in [0.05, 0.1) is 13.2 Å². The van der Waals surface area contributed by atoms with E-state index >= 15 is 0 Å². The zero-order valence-corrected chi connectivity index (χ0v) is 9.52. The van der Waals surface area contributed by atoms with Crippen LogP contribution in [0.4, 0.5) is 5.95 Å². The van der Waals surface area contributed by atoms with E-state index in [1.165, 1.54) is 0 Å². The van der Waals surface area contributed by atoms with Crippen LogP contribution < -0.4 is 10.6 Å². The number of aliphatic hydroxyl groups excluding tert-OH is 2. The molecule has 0 saturated carbocycles. The molecule has 0 bridgehead atoms. The number of hydrogen-bond acceptors (Lipinski definition) is 6. The van der Waals surface area contributed by atoms with Gasteiger partial charge >= 0.3 is 0 Å². The molecule has 4 N–H and O–H groups in total. The highest BCUT2D eigenvalue weighted by molar-refractivity contribution is 7.80. The average molecular weight is 242 g/mol. The molecule has 16 heavy (non-hydrogen) atoms. The Bertz CT molecular complexity index is 355. The van der Waals surface area contributed by atoms with E-state index in [-0.39, 0.29) is 18.2 Å². The normalized spacial score (nSPS) is 10.1.